The third-order valence-electron chi connectivity index (χ3n) is 3.44. The van der Waals surface area contributed by atoms with Crippen molar-refractivity contribution in [3.8, 4) is 6.07 Å². The molecule has 0 aromatic heterocycles. The number of nitrogens with zero attached hydrogens (tertiary/aromatic N) is 3. The average molecular weight is 301 g/mol. The summed E-state index contributed by atoms with van der Waals surface area (Å²) in [7, 11) is 0. The summed E-state index contributed by atoms with van der Waals surface area (Å²) >= 11 is 0. The molecule has 1 heterocycles. The Morgan fingerprint density at radius 2 is 2.14 bits per heavy atom. The first kappa shape index (κ1) is 15.1. The molecule has 1 aromatic rings. The lowest BCUT2D eigenvalue weighted by atomic mass is 10.0. The first-order valence-electron chi connectivity index (χ1n) is 5.90. The predicted octanol–water partition coefficient (Wildman–Crippen LogP) is 1.97. The van der Waals surface area contributed by atoms with E-state index in [2.05, 4.69) is 0 Å². The van der Waals surface area contributed by atoms with E-state index in [1.54, 1.807) is 6.07 Å². The third kappa shape index (κ3) is 2.62. The lowest BCUT2D eigenvalue weighted by Gasteiger charge is -2.26. The SMILES string of the molecule is N#Cc1cc(N2CCC(O)(C(F)(F)F)C2)ccc1[N+](=O)[O-]. The molecule has 1 saturated heterocycles. The highest BCUT2D eigenvalue weighted by molar-refractivity contribution is 5.60. The number of rotatable bonds is 2. The molecule has 1 aromatic carbocycles. The summed E-state index contributed by atoms with van der Waals surface area (Å²) in [5, 5.41) is 29.2. The third-order valence-corrected chi connectivity index (χ3v) is 3.44. The Morgan fingerprint density at radius 1 is 1.48 bits per heavy atom. The van der Waals surface area contributed by atoms with Crippen molar-refractivity contribution in [3.63, 3.8) is 0 Å². The molecule has 6 nitrogen and oxygen atoms in total. The first-order valence-corrected chi connectivity index (χ1v) is 5.90. The Hall–Kier alpha value is -2.34. The van der Waals surface area contributed by atoms with Gasteiger partial charge < -0.3 is 10.0 Å². The van der Waals surface area contributed by atoms with Gasteiger partial charge >= 0.3 is 6.18 Å². The molecular weight excluding hydrogens is 291 g/mol. The number of hydrogen-bond donors (Lipinski definition) is 1. The maximum atomic E-state index is 12.7. The molecule has 0 aliphatic carbocycles. The van der Waals surface area contributed by atoms with Gasteiger partial charge in [0.15, 0.2) is 5.60 Å². The maximum absolute atomic E-state index is 12.7. The zero-order chi connectivity index (χ0) is 15.8. The van der Waals surface area contributed by atoms with Crippen molar-refractivity contribution in [1.29, 1.82) is 5.26 Å². The van der Waals surface area contributed by atoms with Crippen LogP contribution in [0.3, 0.4) is 0 Å². The minimum Gasteiger partial charge on any atom is -0.379 e. The molecule has 1 unspecified atom stereocenters. The van der Waals surface area contributed by atoms with Gasteiger partial charge in [-0.3, -0.25) is 10.1 Å². The molecule has 1 N–H and O–H groups in total. The van der Waals surface area contributed by atoms with Crippen LogP contribution in [0.15, 0.2) is 18.2 Å². The van der Waals surface area contributed by atoms with Gasteiger partial charge in [0.05, 0.1) is 11.5 Å². The zero-order valence-corrected chi connectivity index (χ0v) is 10.6. The first-order chi connectivity index (χ1) is 9.68. The smallest absolute Gasteiger partial charge is 0.379 e. The quantitative estimate of drug-likeness (QED) is 0.666. The fraction of sp³-hybridized carbons (Fsp3) is 0.417. The number of β-amino-alcohol motifs (C(OH)–C–C–N with tert-alkyl or cyclic N) is 1. The van der Waals surface area contributed by atoms with Gasteiger partial charge in [0, 0.05) is 24.7 Å². The number of halogens is 3. The Balaban J connectivity index is 2.30. The molecule has 0 spiro atoms. The standard InChI is InChI=1S/C12H10F3N3O3/c13-12(14,15)11(19)3-4-17(7-11)9-1-2-10(18(20)21)8(5-9)6-16/h1-2,5,19H,3-4,7H2. The Bertz CT molecular complexity index is 626. The van der Waals surface area contributed by atoms with Gasteiger partial charge in [-0.05, 0) is 12.1 Å². The van der Waals surface area contributed by atoms with Crippen molar-refractivity contribution in [1.82, 2.24) is 0 Å². The molecular formula is C12H10F3N3O3. The summed E-state index contributed by atoms with van der Waals surface area (Å²) in [4.78, 5) is 11.2. The summed E-state index contributed by atoms with van der Waals surface area (Å²) in [6.45, 7) is -0.724. The van der Waals surface area contributed by atoms with Crippen LogP contribution in [0.25, 0.3) is 0 Å². The minimum absolute atomic E-state index is 0.0569. The molecule has 1 atom stereocenters. The van der Waals surface area contributed by atoms with E-state index in [9.17, 15) is 28.4 Å². The van der Waals surface area contributed by atoms with Crippen molar-refractivity contribution >= 4 is 11.4 Å². The molecule has 0 amide bonds. The van der Waals surface area contributed by atoms with Crippen LogP contribution >= 0.6 is 0 Å². The molecule has 0 bridgehead atoms. The van der Waals surface area contributed by atoms with Crippen LogP contribution in [0.2, 0.25) is 0 Å². The second-order valence-corrected chi connectivity index (χ2v) is 4.77. The van der Waals surface area contributed by atoms with Crippen LogP contribution in [0.5, 0.6) is 0 Å². The zero-order valence-electron chi connectivity index (χ0n) is 10.6. The average Bonchev–Trinajstić information content (AvgIpc) is 2.81. The van der Waals surface area contributed by atoms with Crippen LogP contribution in [0.1, 0.15) is 12.0 Å². The lowest BCUT2D eigenvalue weighted by Crippen LogP contribution is -2.47. The second-order valence-electron chi connectivity index (χ2n) is 4.77. The maximum Gasteiger partial charge on any atom is 0.418 e. The summed E-state index contributed by atoms with van der Waals surface area (Å²) in [5.41, 5.74) is -3.22. The molecule has 2 rings (SSSR count). The van der Waals surface area contributed by atoms with Gasteiger partial charge in [-0.25, -0.2) is 0 Å². The van der Waals surface area contributed by atoms with E-state index in [0.29, 0.717) is 0 Å². The van der Waals surface area contributed by atoms with Gasteiger partial charge in [-0.2, -0.15) is 18.4 Å². The van der Waals surface area contributed by atoms with Crippen LogP contribution in [0, 0.1) is 21.4 Å². The Morgan fingerprint density at radius 3 is 2.62 bits per heavy atom. The van der Waals surface area contributed by atoms with Crippen LogP contribution in [-0.4, -0.2) is 34.9 Å². The minimum atomic E-state index is -4.75. The second kappa shape index (κ2) is 4.89. The normalized spacial score (nSPS) is 22.1. The van der Waals surface area contributed by atoms with E-state index < -0.39 is 35.4 Å². The Labute approximate surface area is 117 Å². The van der Waals surface area contributed by atoms with E-state index in [0.717, 1.165) is 12.1 Å². The molecule has 112 valence electrons. The van der Waals surface area contributed by atoms with Crippen molar-refractivity contribution in [3.05, 3.63) is 33.9 Å². The molecule has 0 radical (unpaired) electrons. The van der Waals surface area contributed by atoms with E-state index in [4.69, 9.17) is 5.26 Å². The molecule has 1 aliphatic rings. The topological polar surface area (TPSA) is 90.4 Å². The summed E-state index contributed by atoms with van der Waals surface area (Å²) < 4.78 is 38.2. The number of nitro groups is 1. The van der Waals surface area contributed by atoms with Gasteiger partial charge in [-0.15, -0.1) is 0 Å². The number of alkyl halides is 3. The van der Waals surface area contributed by atoms with Crippen LogP contribution in [0.4, 0.5) is 24.5 Å². The fourth-order valence-corrected chi connectivity index (χ4v) is 2.22. The van der Waals surface area contributed by atoms with E-state index in [1.165, 1.54) is 11.0 Å². The highest BCUT2D eigenvalue weighted by atomic mass is 19.4. The molecule has 21 heavy (non-hydrogen) atoms. The number of nitriles is 1. The molecule has 9 heteroatoms. The number of nitro benzene ring substituents is 1. The molecule has 1 fully saturated rings. The summed E-state index contributed by atoms with van der Waals surface area (Å²) in [6, 6.07) is 5.12. The number of hydrogen-bond acceptors (Lipinski definition) is 5. The van der Waals surface area contributed by atoms with Crippen molar-refractivity contribution < 1.29 is 23.2 Å². The number of benzene rings is 1. The number of anilines is 1. The highest BCUT2D eigenvalue weighted by Gasteiger charge is 2.57. The summed E-state index contributed by atoms with van der Waals surface area (Å²) in [5.74, 6) is 0. The van der Waals surface area contributed by atoms with Gasteiger partial charge in [0.25, 0.3) is 5.69 Å². The van der Waals surface area contributed by atoms with Gasteiger partial charge in [0.1, 0.15) is 11.6 Å². The van der Waals surface area contributed by atoms with Crippen molar-refractivity contribution in [2.75, 3.05) is 18.0 Å². The molecule has 0 saturated carbocycles. The summed E-state index contributed by atoms with van der Waals surface area (Å²) in [6.07, 6.45) is -5.24. The van der Waals surface area contributed by atoms with E-state index in [1.807, 2.05) is 0 Å². The number of aliphatic hydroxyl groups is 1. The van der Waals surface area contributed by atoms with Gasteiger partial charge in [-0.1, -0.05) is 0 Å². The largest absolute Gasteiger partial charge is 0.418 e. The van der Waals surface area contributed by atoms with Gasteiger partial charge in [0.2, 0.25) is 0 Å². The van der Waals surface area contributed by atoms with Crippen LogP contribution < -0.4 is 4.90 Å². The predicted molar refractivity (Wildman–Crippen MR) is 65.6 cm³/mol. The van der Waals surface area contributed by atoms with Crippen molar-refractivity contribution in [2.24, 2.45) is 0 Å². The highest BCUT2D eigenvalue weighted by Crippen LogP contribution is 2.39. The van der Waals surface area contributed by atoms with Crippen LogP contribution in [-0.2, 0) is 0 Å². The van der Waals surface area contributed by atoms with E-state index >= 15 is 0 Å². The lowest BCUT2D eigenvalue weighted by molar-refractivity contribution is -0.385. The monoisotopic (exact) mass is 301 g/mol. The van der Waals surface area contributed by atoms with Crippen molar-refractivity contribution in [2.45, 2.75) is 18.2 Å². The fourth-order valence-electron chi connectivity index (χ4n) is 2.22. The molecule has 1 aliphatic heterocycles. The van der Waals surface area contributed by atoms with E-state index in [-0.39, 0.29) is 17.8 Å². The Kier molecular flexibility index (Phi) is 3.51.